The van der Waals surface area contributed by atoms with Crippen molar-refractivity contribution in [1.82, 2.24) is 0 Å². The molecule has 3 rings (SSSR count). The van der Waals surface area contributed by atoms with Crippen molar-refractivity contribution >= 4 is 38.9 Å². The predicted octanol–water partition coefficient (Wildman–Crippen LogP) is 5.10. The molecule has 0 saturated heterocycles. The summed E-state index contributed by atoms with van der Waals surface area (Å²) in [6.45, 7) is 5.26. The highest BCUT2D eigenvalue weighted by atomic mass is 35.5. The fourth-order valence-electron chi connectivity index (χ4n) is 3.30. The smallest absolute Gasteiger partial charge is 0.264 e. The summed E-state index contributed by atoms with van der Waals surface area (Å²) in [4.78, 5) is 12.9. The van der Waals surface area contributed by atoms with Gasteiger partial charge in [0.05, 0.1) is 10.6 Å². The Labute approximate surface area is 182 Å². The maximum absolute atomic E-state index is 13.4. The molecular weight excluding hydrogens is 420 g/mol. The number of benzene rings is 3. The molecule has 0 radical (unpaired) electrons. The van der Waals surface area contributed by atoms with Crippen LogP contribution >= 0.6 is 11.6 Å². The number of hydrogen-bond donors (Lipinski definition) is 1. The molecule has 0 bridgehead atoms. The summed E-state index contributed by atoms with van der Waals surface area (Å²) in [5, 5.41) is 3.30. The number of anilines is 2. The van der Waals surface area contributed by atoms with Gasteiger partial charge in [0.1, 0.15) is 6.54 Å². The van der Waals surface area contributed by atoms with Crippen LogP contribution in [-0.4, -0.2) is 20.9 Å². The minimum atomic E-state index is -3.96. The third-order valence-corrected chi connectivity index (χ3v) is 6.56. The van der Waals surface area contributed by atoms with Crippen molar-refractivity contribution in [2.75, 3.05) is 16.2 Å². The summed E-state index contributed by atoms with van der Waals surface area (Å²) in [5.74, 6) is -0.436. The number of aryl methyl sites for hydroxylation is 3. The Morgan fingerprint density at radius 2 is 1.57 bits per heavy atom. The minimum absolute atomic E-state index is 0.110. The molecule has 0 aromatic heterocycles. The van der Waals surface area contributed by atoms with E-state index in [9.17, 15) is 13.2 Å². The number of hydrogen-bond acceptors (Lipinski definition) is 3. The molecule has 3 aromatic rings. The molecule has 0 aliphatic carbocycles. The lowest BCUT2D eigenvalue weighted by Crippen LogP contribution is -2.38. The highest BCUT2D eigenvalue weighted by molar-refractivity contribution is 7.92. The Morgan fingerprint density at radius 3 is 2.17 bits per heavy atom. The topological polar surface area (TPSA) is 66.5 Å². The summed E-state index contributed by atoms with van der Waals surface area (Å²) in [6, 6.07) is 18.6. The van der Waals surface area contributed by atoms with E-state index >= 15 is 0 Å². The van der Waals surface area contributed by atoms with E-state index in [1.807, 2.05) is 32.0 Å². The van der Waals surface area contributed by atoms with Gasteiger partial charge in [-0.15, -0.1) is 0 Å². The third kappa shape index (κ3) is 5.01. The Morgan fingerprint density at radius 1 is 0.933 bits per heavy atom. The fourth-order valence-corrected chi connectivity index (χ4v) is 5.03. The monoisotopic (exact) mass is 442 g/mol. The molecular formula is C23H23ClN2O3S. The zero-order chi connectivity index (χ0) is 21.9. The van der Waals surface area contributed by atoms with E-state index < -0.39 is 15.9 Å². The van der Waals surface area contributed by atoms with Gasteiger partial charge in [0.15, 0.2) is 0 Å². The van der Waals surface area contributed by atoms with Gasteiger partial charge in [0.25, 0.3) is 10.0 Å². The molecule has 0 fully saturated rings. The molecule has 0 unspecified atom stereocenters. The van der Waals surface area contributed by atoms with Crippen molar-refractivity contribution in [3.05, 3.63) is 88.4 Å². The lowest BCUT2D eigenvalue weighted by Gasteiger charge is -2.25. The van der Waals surface area contributed by atoms with E-state index in [2.05, 4.69) is 5.32 Å². The third-order valence-electron chi connectivity index (χ3n) is 4.55. The van der Waals surface area contributed by atoms with Gasteiger partial charge in [-0.1, -0.05) is 35.9 Å². The quantitative estimate of drug-likeness (QED) is 0.577. The Hall–Kier alpha value is -2.83. The SMILES string of the molecule is Cc1cc(C)cc(NC(=O)CN(c2ccc(Cl)cc2C)S(=O)(=O)c2ccccc2)c1. The van der Waals surface area contributed by atoms with Crippen LogP contribution in [0.3, 0.4) is 0 Å². The number of nitrogens with one attached hydrogen (secondary N) is 1. The van der Waals surface area contributed by atoms with Gasteiger partial charge in [0.2, 0.25) is 5.91 Å². The molecule has 7 heteroatoms. The lowest BCUT2D eigenvalue weighted by molar-refractivity contribution is -0.114. The van der Waals surface area contributed by atoms with Crippen molar-refractivity contribution in [3.8, 4) is 0 Å². The van der Waals surface area contributed by atoms with Gasteiger partial charge < -0.3 is 5.32 Å². The van der Waals surface area contributed by atoms with E-state index in [0.717, 1.165) is 15.4 Å². The lowest BCUT2D eigenvalue weighted by atomic mass is 10.1. The molecule has 1 amide bonds. The van der Waals surface area contributed by atoms with Crippen LogP contribution in [0.25, 0.3) is 0 Å². The van der Waals surface area contributed by atoms with Crippen molar-refractivity contribution in [2.45, 2.75) is 25.7 Å². The van der Waals surface area contributed by atoms with Gasteiger partial charge in [0, 0.05) is 10.7 Å². The van der Waals surface area contributed by atoms with Gasteiger partial charge in [-0.25, -0.2) is 8.42 Å². The molecule has 0 spiro atoms. The standard InChI is InChI=1S/C23H23ClN2O3S/c1-16-11-17(2)13-20(12-16)25-23(27)15-26(22-10-9-19(24)14-18(22)3)30(28,29)21-7-5-4-6-8-21/h4-14H,15H2,1-3H3,(H,25,27). The van der Waals surface area contributed by atoms with Gasteiger partial charge in [-0.3, -0.25) is 9.10 Å². The van der Waals surface area contributed by atoms with Crippen LogP contribution in [0.1, 0.15) is 16.7 Å². The van der Waals surface area contributed by atoms with E-state index in [4.69, 9.17) is 11.6 Å². The van der Waals surface area contributed by atoms with Gasteiger partial charge in [-0.2, -0.15) is 0 Å². The molecule has 0 heterocycles. The number of halogens is 1. The maximum Gasteiger partial charge on any atom is 0.264 e. The number of rotatable bonds is 6. The second kappa shape index (κ2) is 8.90. The maximum atomic E-state index is 13.4. The molecule has 1 N–H and O–H groups in total. The van der Waals surface area contributed by atoms with E-state index in [1.165, 1.54) is 12.1 Å². The number of sulfonamides is 1. The van der Waals surface area contributed by atoms with E-state index in [-0.39, 0.29) is 11.4 Å². The fraction of sp³-hybridized carbons (Fsp3) is 0.174. The molecule has 0 saturated carbocycles. The van der Waals surface area contributed by atoms with Crippen molar-refractivity contribution in [3.63, 3.8) is 0 Å². The van der Waals surface area contributed by atoms with Crippen molar-refractivity contribution in [2.24, 2.45) is 0 Å². The van der Waals surface area contributed by atoms with E-state index in [1.54, 1.807) is 43.3 Å². The predicted molar refractivity (Wildman–Crippen MR) is 122 cm³/mol. The van der Waals surface area contributed by atoms with E-state index in [0.29, 0.717) is 22.0 Å². The van der Waals surface area contributed by atoms with Crippen LogP contribution in [0.15, 0.2) is 71.6 Å². The number of carbonyl (C=O) groups is 1. The second-order valence-corrected chi connectivity index (χ2v) is 9.48. The summed E-state index contributed by atoms with van der Waals surface area (Å²) in [6.07, 6.45) is 0. The van der Waals surface area contributed by atoms with Crippen LogP contribution in [0, 0.1) is 20.8 Å². The summed E-state index contributed by atoms with van der Waals surface area (Å²) < 4.78 is 27.9. The van der Waals surface area contributed by atoms with Gasteiger partial charge >= 0.3 is 0 Å². The Kier molecular flexibility index (Phi) is 6.48. The first-order valence-electron chi connectivity index (χ1n) is 9.39. The van der Waals surface area contributed by atoms with Crippen LogP contribution < -0.4 is 9.62 Å². The molecule has 0 aliphatic rings. The van der Waals surface area contributed by atoms with Crippen LogP contribution in [0.5, 0.6) is 0 Å². The van der Waals surface area contributed by atoms with Crippen molar-refractivity contribution < 1.29 is 13.2 Å². The largest absolute Gasteiger partial charge is 0.324 e. The number of carbonyl (C=O) groups excluding carboxylic acids is 1. The molecule has 0 atom stereocenters. The molecule has 0 aliphatic heterocycles. The number of nitrogens with zero attached hydrogens (tertiary/aromatic N) is 1. The zero-order valence-electron chi connectivity index (χ0n) is 17.0. The van der Waals surface area contributed by atoms with Gasteiger partial charge in [-0.05, 0) is 79.9 Å². The summed E-state index contributed by atoms with van der Waals surface area (Å²) in [7, 11) is -3.96. The average Bonchev–Trinajstić information content (AvgIpc) is 2.66. The first-order chi connectivity index (χ1) is 14.2. The van der Waals surface area contributed by atoms with Crippen LogP contribution in [0.2, 0.25) is 5.02 Å². The highest BCUT2D eigenvalue weighted by Gasteiger charge is 2.28. The first-order valence-corrected chi connectivity index (χ1v) is 11.2. The normalized spacial score (nSPS) is 11.2. The van der Waals surface area contributed by atoms with Crippen molar-refractivity contribution in [1.29, 1.82) is 0 Å². The molecule has 30 heavy (non-hydrogen) atoms. The Bertz CT molecular complexity index is 1160. The van der Waals surface area contributed by atoms with Crippen LogP contribution in [-0.2, 0) is 14.8 Å². The molecule has 3 aromatic carbocycles. The average molecular weight is 443 g/mol. The highest BCUT2D eigenvalue weighted by Crippen LogP contribution is 2.29. The molecule has 156 valence electrons. The van der Waals surface area contributed by atoms with Crippen LogP contribution in [0.4, 0.5) is 11.4 Å². The summed E-state index contributed by atoms with van der Waals surface area (Å²) in [5.41, 5.74) is 3.70. The summed E-state index contributed by atoms with van der Waals surface area (Å²) >= 11 is 6.05. The zero-order valence-corrected chi connectivity index (χ0v) is 18.6. The number of amides is 1. The minimum Gasteiger partial charge on any atom is -0.324 e. The first kappa shape index (κ1) is 21.9. The Balaban J connectivity index is 1.98. The second-order valence-electron chi connectivity index (χ2n) is 7.18. The molecule has 5 nitrogen and oxygen atoms in total.